The first-order chi connectivity index (χ1) is 1.41. The van der Waals surface area contributed by atoms with Gasteiger partial charge in [0.05, 0.1) is 0 Å². The van der Waals surface area contributed by atoms with Crippen LogP contribution >= 0.6 is 0 Å². The molecule has 0 fully saturated rings. The topological polar surface area (TPSA) is 69.1 Å². The Balaban J connectivity index is -0.0000000200. The fourth-order valence-corrected chi connectivity index (χ4v) is 0. The van der Waals surface area contributed by atoms with Crippen molar-refractivity contribution in [3.05, 3.63) is 0 Å². The van der Waals surface area contributed by atoms with Crippen molar-refractivity contribution in [2.75, 3.05) is 0 Å². The van der Waals surface area contributed by atoms with Crippen LogP contribution in [0, 0.1) is 58.9 Å². The fraction of sp³-hybridized carbons (Fsp3) is 0. The minimum Gasteiger partial charge on any atom is 0 e. The van der Waals surface area contributed by atoms with Crippen LogP contribution in [-0.4, -0.2) is 0 Å². The SMILES string of the molecule is N.[O]=[U]=[O].[U]. The fourth-order valence-electron chi connectivity index (χ4n) is 0. The summed E-state index contributed by atoms with van der Waals surface area (Å²) in [6.07, 6.45) is 0. The molecule has 0 saturated carbocycles. The van der Waals surface area contributed by atoms with E-state index in [4.69, 9.17) is 4.47 Å². The smallest absolute Gasteiger partial charge is 0 e. The molecule has 0 unspecified atom stereocenters. The van der Waals surface area contributed by atoms with Gasteiger partial charge in [-0.1, -0.05) is 0 Å². The van der Waals surface area contributed by atoms with E-state index in [0.29, 0.717) is 0 Å². The van der Waals surface area contributed by atoms with Gasteiger partial charge in [0.25, 0.3) is 0 Å². The first kappa shape index (κ1) is 15.9. The van der Waals surface area contributed by atoms with Crippen LogP contribution in [0.15, 0.2) is 0 Å². The molecule has 0 spiro atoms. The summed E-state index contributed by atoms with van der Waals surface area (Å²) >= 11 is -2.51. The second kappa shape index (κ2) is 17.4. The van der Waals surface area contributed by atoms with E-state index in [0.717, 1.165) is 0 Å². The molecule has 0 aromatic heterocycles. The van der Waals surface area contributed by atoms with E-state index in [-0.39, 0.29) is 37.3 Å². The Morgan fingerprint density at radius 1 is 1.20 bits per heavy atom. The summed E-state index contributed by atoms with van der Waals surface area (Å²) in [5, 5.41) is 0. The van der Waals surface area contributed by atoms with Crippen molar-refractivity contribution >= 4 is 0 Å². The van der Waals surface area contributed by atoms with Crippen LogP contribution in [0.5, 0.6) is 0 Å². The van der Waals surface area contributed by atoms with Gasteiger partial charge in [-0.05, 0) is 0 Å². The minimum atomic E-state index is -2.51. The Morgan fingerprint density at radius 3 is 1.20 bits per heavy atom. The van der Waals surface area contributed by atoms with Crippen molar-refractivity contribution in [1.29, 1.82) is 0 Å². The van der Waals surface area contributed by atoms with Crippen molar-refractivity contribution in [2.45, 2.75) is 0 Å². The zero-order chi connectivity index (χ0) is 2.71. The average Bonchev–Trinajstić information content (AvgIpc) is 0.918. The first-order valence-electron chi connectivity index (χ1n) is 0.408. The van der Waals surface area contributed by atoms with E-state index in [1.807, 2.05) is 0 Å². The summed E-state index contributed by atoms with van der Waals surface area (Å²) < 4.78 is 17.2. The second-order valence-electron chi connectivity index (χ2n) is 0.0833. The molecule has 0 aliphatic heterocycles. The van der Waals surface area contributed by atoms with Crippen molar-refractivity contribution in [2.24, 2.45) is 0 Å². The molecule has 0 atom stereocenters. The number of hydrogen-bond acceptors (Lipinski definition) is 3. The summed E-state index contributed by atoms with van der Waals surface area (Å²) in [4.78, 5) is 0. The molecule has 3 nitrogen and oxygen atoms in total. The van der Waals surface area contributed by atoms with Gasteiger partial charge < -0.3 is 6.15 Å². The van der Waals surface area contributed by atoms with E-state index < -0.39 is 27.8 Å². The standard InChI is InChI=1S/H3N.2O.2U/h1H3;;;;. The Bertz CT molecular complexity index is 28.6. The third-order valence-electron chi connectivity index (χ3n) is 0. The quantitative estimate of drug-likeness (QED) is 0.482. The molecular weight excluding hydrogens is 522 g/mol. The Hall–Kier alpha value is 1.66. The Labute approximate surface area is 68.5 Å². The van der Waals surface area contributed by atoms with E-state index in [1.54, 1.807) is 0 Å². The first-order valence-corrected chi connectivity index (χ1v) is 3.81. The zero-order valence-electron chi connectivity index (χ0n) is 2.52. The van der Waals surface area contributed by atoms with Gasteiger partial charge in [0.1, 0.15) is 0 Å². The van der Waals surface area contributed by atoms with E-state index in [1.165, 1.54) is 0 Å². The van der Waals surface area contributed by atoms with Crippen LogP contribution < -0.4 is 6.15 Å². The molecule has 0 heterocycles. The van der Waals surface area contributed by atoms with Crippen molar-refractivity contribution in [3.63, 3.8) is 0 Å². The monoisotopic (exact) mass is 525 g/mol. The van der Waals surface area contributed by atoms with Crippen LogP contribution in [0.25, 0.3) is 0 Å². The molecule has 0 aliphatic carbocycles. The maximum absolute atomic E-state index is 8.58. The van der Waals surface area contributed by atoms with Gasteiger partial charge in [-0.15, -0.1) is 0 Å². The van der Waals surface area contributed by atoms with Gasteiger partial charge in [0.2, 0.25) is 0 Å². The van der Waals surface area contributed by atoms with Gasteiger partial charge in [0, 0.05) is 31.1 Å². The predicted octanol–water partition coefficient (Wildman–Crippen LogP) is -0.0756. The van der Waals surface area contributed by atoms with E-state index >= 15 is 0 Å². The Morgan fingerprint density at radius 2 is 1.20 bits per heavy atom. The largest absolute Gasteiger partial charge is 0 e. The second-order valence-corrected chi connectivity index (χ2v) is 0.777. The van der Waals surface area contributed by atoms with Crippen LogP contribution in [0.1, 0.15) is 0 Å². The maximum Gasteiger partial charge on any atom is 0 e. The number of rotatable bonds is 0. The summed E-state index contributed by atoms with van der Waals surface area (Å²) in [6.45, 7) is 0. The molecule has 0 aromatic rings. The predicted molar refractivity (Wildman–Crippen MR) is 6.40 cm³/mol. The van der Waals surface area contributed by atoms with Crippen LogP contribution in [0.2, 0.25) is 0 Å². The third kappa shape index (κ3) is 27.5. The number of hydrogen-bond donors (Lipinski definition) is 1. The molecule has 0 bridgehead atoms. The van der Waals surface area contributed by atoms with E-state index in [2.05, 4.69) is 0 Å². The summed E-state index contributed by atoms with van der Waals surface area (Å²) in [7, 11) is 0. The maximum atomic E-state index is 8.58. The summed E-state index contributed by atoms with van der Waals surface area (Å²) in [5.41, 5.74) is 0. The molecule has 3 N–H and O–H groups in total. The molecule has 0 aliphatic rings. The molecule has 0 saturated heterocycles. The van der Waals surface area contributed by atoms with E-state index in [9.17, 15) is 0 Å². The third-order valence-corrected chi connectivity index (χ3v) is 0. The summed E-state index contributed by atoms with van der Waals surface area (Å²) in [5.74, 6) is 0. The van der Waals surface area contributed by atoms with Crippen molar-refractivity contribution in [1.82, 2.24) is 6.15 Å². The molecule has 0 aromatic carbocycles. The normalized spacial score (nSPS) is 1.60. The van der Waals surface area contributed by atoms with Gasteiger partial charge >= 0.3 is 32.3 Å². The molecular formula is H3NO2U2. The molecule has 0 rings (SSSR count). The zero-order valence-corrected chi connectivity index (χ0v) is 10.9. The molecule has 5 heteroatoms. The Kier molecular flexibility index (Phi) is 55.3. The van der Waals surface area contributed by atoms with Crippen molar-refractivity contribution < 1.29 is 63.4 Å². The van der Waals surface area contributed by atoms with Gasteiger partial charge in [-0.2, -0.15) is 0 Å². The van der Waals surface area contributed by atoms with Crippen LogP contribution in [-0.2, 0) is 4.47 Å². The molecule has 0 radical (unpaired) electrons. The van der Waals surface area contributed by atoms with Gasteiger partial charge in [-0.3, -0.25) is 0 Å². The average molecular weight is 525 g/mol. The van der Waals surface area contributed by atoms with Crippen molar-refractivity contribution in [3.8, 4) is 0 Å². The molecule has 0 amide bonds. The van der Waals surface area contributed by atoms with Crippen LogP contribution in [0.4, 0.5) is 0 Å². The van der Waals surface area contributed by atoms with Crippen LogP contribution in [0.3, 0.4) is 0 Å². The minimum absolute atomic E-state index is 0. The van der Waals surface area contributed by atoms with Gasteiger partial charge in [-0.25, -0.2) is 0 Å². The van der Waals surface area contributed by atoms with Gasteiger partial charge in [0.15, 0.2) is 0 Å². The molecule has 28 valence electrons. The molecule has 5 heavy (non-hydrogen) atoms. The summed E-state index contributed by atoms with van der Waals surface area (Å²) in [6, 6.07) is 0.